The predicted molar refractivity (Wildman–Crippen MR) is 72.5 cm³/mol. The molecule has 5 nitrogen and oxygen atoms in total. The Hall–Kier alpha value is -2.71. The van der Waals surface area contributed by atoms with Crippen LogP contribution < -0.4 is 4.74 Å². The summed E-state index contributed by atoms with van der Waals surface area (Å²) >= 11 is 0. The second-order valence-corrected chi connectivity index (χ2v) is 4.83. The van der Waals surface area contributed by atoms with Gasteiger partial charge in [-0.2, -0.15) is 13.2 Å². The van der Waals surface area contributed by atoms with Gasteiger partial charge in [0, 0.05) is 18.0 Å². The SMILES string of the molecule is Cc1nnn2ccc(-c3cnc(OCC(F)(F)F)c(F)c3)cc12. The predicted octanol–water partition coefficient (Wildman–Crippen LogP) is 3.18. The largest absolute Gasteiger partial charge is 0.466 e. The highest BCUT2D eigenvalue weighted by Gasteiger charge is 2.29. The normalized spacial score (nSPS) is 11.9. The molecule has 3 rings (SSSR count). The second kappa shape index (κ2) is 5.49. The van der Waals surface area contributed by atoms with Gasteiger partial charge in [-0.1, -0.05) is 5.21 Å². The zero-order chi connectivity index (χ0) is 16.6. The topological polar surface area (TPSA) is 52.3 Å². The molecule has 0 saturated carbocycles. The number of pyridine rings is 2. The van der Waals surface area contributed by atoms with Crippen molar-refractivity contribution in [1.82, 2.24) is 19.8 Å². The third-order valence-corrected chi connectivity index (χ3v) is 3.11. The molecule has 0 atom stereocenters. The van der Waals surface area contributed by atoms with Gasteiger partial charge in [-0.3, -0.25) is 0 Å². The van der Waals surface area contributed by atoms with E-state index >= 15 is 0 Å². The lowest BCUT2D eigenvalue weighted by Gasteiger charge is -2.10. The maximum absolute atomic E-state index is 13.9. The highest BCUT2D eigenvalue weighted by Crippen LogP contribution is 2.26. The summed E-state index contributed by atoms with van der Waals surface area (Å²) < 4.78 is 56.0. The molecule has 0 radical (unpaired) electrons. The first-order valence-corrected chi connectivity index (χ1v) is 6.50. The van der Waals surface area contributed by atoms with E-state index < -0.39 is 24.5 Å². The molecular formula is C14H10F4N4O. The average Bonchev–Trinajstić information content (AvgIpc) is 2.86. The summed E-state index contributed by atoms with van der Waals surface area (Å²) in [6.07, 6.45) is -1.65. The number of aromatic nitrogens is 4. The van der Waals surface area contributed by atoms with Gasteiger partial charge in [0.25, 0.3) is 5.88 Å². The van der Waals surface area contributed by atoms with E-state index in [4.69, 9.17) is 0 Å². The first-order valence-electron chi connectivity index (χ1n) is 6.50. The van der Waals surface area contributed by atoms with Crippen LogP contribution in [0.25, 0.3) is 16.6 Å². The Balaban J connectivity index is 1.90. The summed E-state index contributed by atoms with van der Waals surface area (Å²) in [5.74, 6) is -1.65. The van der Waals surface area contributed by atoms with Gasteiger partial charge in [0.15, 0.2) is 12.4 Å². The van der Waals surface area contributed by atoms with Crippen molar-refractivity contribution in [3.8, 4) is 17.0 Å². The molecular weight excluding hydrogens is 316 g/mol. The zero-order valence-corrected chi connectivity index (χ0v) is 11.8. The summed E-state index contributed by atoms with van der Waals surface area (Å²) in [4.78, 5) is 3.61. The van der Waals surface area contributed by atoms with Crippen LogP contribution in [0.1, 0.15) is 5.69 Å². The number of aryl methyl sites for hydroxylation is 1. The van der Waals surface area contributed by atoms with E-state index in [1.165, 1.54) is 6.20 Å². The second-order valence-electron chi connectivity index (χ2n) is 4.83. The fourth-order valence-electron chi connectivity index (χ4n) is 2.03. The number of rotatable bonds is 3. The van der Waals surface area contributed by atoms with Gasteiger partial charge in [-0.25, -0.2) is 13.9 Å². The van der Waals surface area contributed by atoms with E-state index in [1.807, 2.05) is 0 Å². The van der Waals surface area contributed by atoms with Crippen LogP contribution >= 0.6 is 0 Å². The van der Waals surface area contributed by atoms with Crippen LogP contribution in [0.2, 0.25) is 0 Å². The van der Waals surface area contributed by atoms with Crippen molar-refractivity contribution in [3.05, 3.63) is 42.1 Å². The molecule has 0 spiro atoms. The molecule has 0 N–H and O–H groups in total. The maximum atomic E-state index is 13.9. The van der Waals surface area contributed by atoms with Gasteiger partial charge in [0.05, 0.1) is 11.2 Å². The number of nitrogens with zero attached hydrogens (tertiary/aromatic N) is 4. The lowest BCUT2D eigenvalue weighted by molar-refractivity contribution is -0.154. The fourth-order valence-corrected chi connectivity index (χ4v) is 2.03. The molecule has 0 aliphatic rings. The van der Waals surface area contributed by atoms with E-state index in [1.54, 1.807) is 29.8 Å². The molecule has 23 heavy (non-hydrogen) atoms. The standard InChI is InChI=1S/C14H10F4N4O/c1-8-12-5-9(2-3-22(12)21-20-8)10-4-11(15)13(19-6-10)23-7-14(16,17)18/h2-6H,7H2,1H3. The molecule has 0 aliphatic carbocycles. The molecule has 3 heterocycles. The highest BCUT2D eigenvalue weighted by atomic mass is 19.4. The lowest BCUT2D eigenvalue weighted by atomic mass is 10.1. The van der Waals surface area contributed by atoms with E-state index in [2.05, 4.69) is 20.0 Å². The Morgan fingerprint density at radius 3 is 2.70 bits per heavy atom. The van der Waals surface area contributed by atoms with Crippen LogP contribution in [0.3, 0.4) is 0 Å². The van der Waals surface area contributed by atoms with Gasteiger partial charge in [-0.05, 0) is 30.7 Å². The molecule has 9 heteroatoms. The summed E-state index contributed by atoms with van der Waals surface area (Å²) in [6.45, 7) is 0.182. The van der Waals surface area contributed by atoms with Crippen molar-refractivity contribution in [2.45, 2.75) is 13.1 Å². The van der Waals surface area contributed by atoms with Crippen LogP contribution in [0.15, 0.2) is 30.6 Å². The van der Waals surface area contributed by atoms with Gasteiger partial charge < -0.3 is 4.74 Å². The third kappa shape index (κ3) is 3.22. The molecule has 120 valence electrons. The van der Waals surface area contributed by atoms with Crippen molar-refractivity contribution in [3.63, 3.8) is 0 Å². The monoisotopic (exact) mass is 326 g/mol. The van der Waals surface area contributed by atoms with Crippen molar-refractivity contribution in [1.29, 1.82) is 0 Å². The molecule has 3 aromatic heterocycles. The number of alkyl halides is 3. The Bertz CT molecular complexity index is 860. The summed E-state index contributed by atoms with van der Waals surface area (Å²) in [5.41, 5.74) is 2.48. The molecule has 0 unspecified atom stereocenters. The highest BCUT2D eigenvalue weighted by molar-refractivity contribution is 5.69. The Morgan fingerprint density at radius 1 is 1.22 bits per heavy atom. The van der Waals surface area contributed by atoms with E-state index in [0.717, 1.165) is 11.6 Å². The van der Waals surface area contributed by atoms with E-state index in [0.29, 0.717) is 16.8 Å². The van der Waals surface area contributed by atoms with Crippen molar-refractivity contribution < 1.29 is 22.3 Å². The fraction of sp³-hybridized carbons (Fsp3) is 0.214. The number of hydrogen-bond donors (Lipinski definition) is 0. The number of fused-ring (bicyclic) bond motifs is 1. The minimum atomic E-state index is -4.55. The molecule has 0 saturated heterocycles. The minimum Gasteiger partial charge on any atom is -0.466 e. The molecule has 0 fully saturated rings. The zero-order valence-electron chi connectivity index (χ0n) is 11.8. The van der Waals surface area contributed by atoms with Crippen LogP contribution in [0.5, 0.6) is 5.88 Å². The minimum absolute atomic E-state index is 0.407. The molecule has 0 bridgehead atoms. The van der Waals surface area contributed by atoms with Crippen molar-refractivity contribution >= 4 is 5.52 Å². The summed E-state index contributed by atoms with van der Waals surface area (Å²) in [6, 6.07) is 4.49. The van der Waals surface area contributed by atoms with Gasteiger partial charge in [0.2, 0.25) is 0 Å². The van der Waals surface area contributed by atoms with Crippen LogP contribution in [0, 0.1) is 12.7 Å². The van der Waals surface area contributed by atoms with Crippen LogP contribution in [0.4, 0.5) is 17.6 Å². The maximum Gasteiger partial charge on any atom is 0.422 e. The van der Waals surface area contributed by atoms with Gasteiger partial charge >= 0.3 is 6.18 Å². The van der Waals surface area contributed by atoms with E-state index in [-0.39, 0.29) is 0 Å². The lowest BCUT2D eigenvalue weighted by Crippen LogP contribution is -2.20. The average molecular weight is 326 g/mol. The number of hydrogen-bond acceptors (Lipinski definition) is 4. The molecule has 0 aliphatic heterocycles. The Morgan fingerprint density at radius 2 is 2.00 bits per heavy atom. The molecule has 0 amide bonds. The quantitative estimate of drug-likeness (QED) is 0.694. The molecule has 3 aromatic rings. The first kappa shape index (κ1) is 15.2. The van der Waals surface area contributed by atoms with E-state index in [9.17, 15) is 17.6 Å². The van der Waals surface area contributed by atoms with Crippen LogP contribution in [-0.4, -0.2) is 32.6 Å². The third-order valence-electron chi connectivity index (χ3n) is 3.11. The van der Waals surface area contributed by atoms with Gasteiger partial charge in [0.1, 0.15) is 0 Å². The van der Waals surface area contributed by atoms with Gasteiger partial charge in [-0.15, -0.1) is 5.10 Å². The molecule has 0 aromatic carbocycles. The smallest absolute Gasteiger partial charge is 0.422 e. The number of halogens is 4. The Labute approximate surface area is 127 Å². The van der Waals surface area contributed by atoms with Crippen molar-refractivity contribution in [2.24, 2.45) is 0 Å². The number of ether oxygens (including phenoxy) is 1. The van der Waals surface area contributed by atoms with Crippen LogP contribution in [-0.2, 0) is 0 Å². The van der Waals surface area contributed by atoms with Crippen molar-refractivity contribution in [2.75, 3.05) is 6.61 Å². The summed E-state index contributed by atoms with van der Waals surface area (Å²) in [7, 11) is 0. The summed E-state index contributed by atoms with van der Waals surface area (Å²) in [5, 5.41) is 7.79. The Kier molecular flexibility index (Phi) is 3.63. The first-order chi connectivity index (χ1) is 10.8.